The standard InChI is InChI=1S/C21H26N6/c1-3-7-17(8-4-1)25-11-13-26(14-12-25)20-19-21(23-15-22-20)27(16-24-19)18-9-5-2-6-10-18/h2,5-6,9-10,15-17H,1,3-4,7-8,11-14H2. The maximum atomic E-state index is 4.66. The predicted molar refractivity (Wildman–Crippen MR) is 107 cm³/mol. The second-order valence-electron chi connectivity index (χ2n) is 7.63. The van der Waals surface area contributed by atoms with E-state index in [0.717, 1.165) is 54.9 Å². The van der Waals surface area contributed by atoms with Gasteiger partial charge in [0.15, 0.2) is 17.0 Å². The summed E-state index contributed by atoms with van der Waals surface area (Å²) in [4.78, 5) is 18.8. The smallest absolute Gasteiger partial charge is 0.170 e. The maximum absolute atomic E-state index is 4.66. The minimum atomic E-state index is 0.795. The fourth-order valence-corrected chi connectivity index (χ4v) is 4.58. The van der Waals surface area contributed by atoms with E-state index in [1.54, 1.807) is 6.33 Å². The first-order chi connectivity index (χ1) is 13.4. The van der Waals surface area contributed by atoms with Crippen LogP contribution in [0, 0.1) is 0 Å². The predicted octanol–water partition coefficient (Wildman–Crippen LogP) is 3.27. The molecule has 2 fully saturated rings. The molecule has 1 aliphatic carbocycles. The molecule has 6 heteroatoms. The van der Waals surface area contributed by atoms with Crippen molar-refractivity contribution in [2.24, 2.45) is 0 Å². The molecule has 1 aliphatic heterocycles. The van der Waals surface area contributed by atoms with E-state index >= 15 is 0 Å². The summed E-state index contributed by atoms with van der Waals surface area (Å²) in [6.07, 6.45) is 10.5. The molecule has 0 bridgehead atoms. The molecule has 0 N–H and O–H groups in total. The first kappa shape index (κ1) is 16.7. The van der Waals surface area contributed by atoms with Crippen LogP contribution >= 0.6 is 0 Å². The minimum absolute atomic E-state index is 0.795. The van der Waals surface area contributed by atoms with Crippen molar-refractivity contribution in [3.05, 3.63) is 43.0 Å². The fourth-order valence-electron chi connectivity index (χ4n) is 4.58. The molecule has 6 nitrogen and oxygen atoms in total. The number of piperazine rings is 1. The highest BCUT2D eigenvalue weighted by atomic mass is 15.3. The number of hydrogen-bond acceptors (Lipinski definition) is 5. The summed E-state index contributed by atoms with van der Waals surface area (Å²) in [5.41, 5.74) is 2.85. The SMILES string of the molecule is c1ccc(-n2cnc3c(N4CCN(C5CCCCC5)CC4)ncnc32)cc1. The quantitative estimate of drug-likeness (QED) is 0.716. The molecule has 0 spiro atoms. The zero-order valence-electron chi connectivity index (χ0n) is 15.7. The number of para-hydroxylation sites is 1. The van der Waals surface area contributed by atoms with Crippen LogP contribution in [0.2, 0.25) is 0 Å². The zero-order valence-corrected chi connectivity index (χ0v) is 15.7. The lowest BCUT2D eigenvalue weighted by molar-refractivity contribution is 0.148. The van der Waals surface area contributed by atoms with Gasteiger partial charge in [-0.2, -0.15) is 0 Å². The molecule has 5 rings (SSSR count). The Bertz CT molecular complexity index is 891. The molecule has 1 saturated heterocycles. The number of aromatic nitrogens is 4. The van der Waals surface area contributed by atoms with Crippen LogP contribution in [0.4, 0.5) is 5.82 Å². The summed E-state index contributed by atoms with van der Waals surface area (Å²) in [5.74, 6) is 0.970. The van der Waals surface area contributed by atoms with Crippen LogP contribution in [0.3, 0.4) is 0 Å². The molecule has 27 heavy (non-hydrogen) atoms. The van der Waals surface area contributed by atoms with E-state index in [9.17, 15) is 0 Å². The van der Waals surface area contributed by atoms with E-state index in [1.165, 1.54) is 32.1 Å². The van der Waals surface area contributed by atoms with Crippen molar-refractivity contribution in [2.75, 3.05) is 31.1 Å². The third kappa shape index (κ3) is 3.18. The highest BCUT2D eigenvalue weighted by molar-refractivity contribution is 5.84. The Balaban J connectivity index is 1.37. The van der Waals surface area contributed by atoms with Crippen LogP contribution in [0.15, 0.2) is 43.0 Å². The zero-order chi connectivity index (χ0) is 18.1. The molecule has 0 atom stereocenters. The second-order valence-corrected chi connectivity index (χ2v) is 7.63. The monoisotopic (exact) mass is 362 g/mol. The van der Waals surface area contributed by atoms with E-state index < -0.39 is 0 Å². The number of anilines is 1. The molecule has 0 radical (unpaired) electrons. The van der Waals surface area contributed by atoms with E-state index in [4.69, 9.17) is 0 Å². The average molecular weight is 362 g/mol. The van der Waals surface area contributed by atoms with Crippen LogP contribution in [-0.2, 0) is 0 Å². The van der Waals surface area contributed by atoms with Crippen molar-refractivity contribution < 1.29 is 0 Å². The van der Waals surface area contributed by atoms with Gasteiger partial charge in [0.05, 0.1) is 0 Å². The van der Waals surface area contributed by atoms with Gasteiger partial charge in [0.2, 0.25) is 0 Å². The summed E-state index contributed by atoms with van der Waals surface area (Å²) < 4.78 is 2.04. The third-order valence-electron chi connectivity index (χ3n) is 6.05. The lowest BCUT2D eigenvalue weighted by Gasteiger charge is -2.41. The first-order valence-electron chi connectivity index (χ1n) is 10.1. The number of rotatable bonds is 3. The van der Waals surface area contributed by atoms with Crippen LogP contribution in [0.1, 0.15) is 32.1 Å². The maximum Gasteiger partial charge on any atom is 0.170 e. The molecule has 0 amide bonds. The Morgan fingerprint density at radius 1 is 0.815 bits per heavy atom. The van der Waals surface area contributed by atoms with Crippen molar-refractivity contribution in [3.63, 3.8) is 0 Å². The van der Waals surface area contributed by atoms with E-state index in [-0.39, 0.29) is 0 Å². The van der Waals surface area contributed by atoms with Gasteiger partial charge in [0.25, 0.3) is 0 Å². The molecule has 0 unspecified atom stereocenters. The molecule has 1 saturated carbocycles. The Kier molecular flexibility index (Phi) is 4.49. The molecule has 3 heterocycles. The Labute approximate surface area is 159 Å². The number of benzene rings is 1. The topological polar surface area (TPSA) is 50.1 Å². The number of hydrogen-bond donors (Lipinski definition) is 0. The fraction of sp³-hybridized carbons (Fsp3) is 0.476. The summed E-state index contributed by atoms with van der Waals surface area (Å²) >= 11 is 0. The normalized spacial score (nSPS) is 19.6. The average Bonchev–Trinajstić information content (AvgIpc) is 3.19. The molecule has 3 aromatic rings. The second kappa shape index (κ2) is 7.27. The van der Waals surface area contributed by atoms with Gasteiger partial charge < -0.3 is 4.90 Å². The Morgan fingerprint density at radius 3 is 2.37 bits per heavy atom. The van der Waals surface area contributed by atoms with Gasteiger partial charge in [-0.05, 0) is 25.0 Å². The van der Waals surface area contributed by atoms with Crippen LogP contribution in [0.25, 0.3) is 16.9 Å². The number of imidazole rings is 1. The van der Waals surface area contributed by atoms with Gasteiger partial charge in [-0.15, -0.1) is 0 Å². The van der Waals surface area contributed by atoms with Crippen LogP contribution in [0.5, 0.6) is 0 Å². The van der Waals surface area contributed by atoms with Gasteiger partial charge in [0.1, 0.15) is 12.7 Å². The van der Waals surface area contributed by atoms with Gasteiger partial charge in [-0.3, -0.25) is 9.47 Å². The first-order valence-corrected chi connectivity index (χ1v) is 10.1. The van der Waals surface area contributed by atoms with E-state index in [1.807, 2.05) is 29.1 Å². The van der Waals surface area contributed by atoms with E-state index in [0.29, 0.717) is 0 Å². The molecule has 140 valence electrons. The largest absolute Gasteiger partial charge is 0.352 e. The van der Waals surface area contributed by atoms with Gasteiger partial charge in [0, 0.05) is 37.9 Å². The number of nitrogens with zero attached hydrogens (tertiary/aromatic N) is 6. The molecule has 2 aliphatic rings. The van der Waals surface area contributed by atoms with Crippen LogP contribution < -0.4 is 4.90 Å². The van der Waals surface area contributed by atoms with Crippen molar-refractivity contribution in [1.82, 2.24) is 24.4 Å². The Hall–Kier alpha value is -2.47. The van der Waals surface area contributed by atoms with Crippen molar-refractivity contribution in [1.29, 1.82) is 0 Å². The van der Waals surface area contributed by atoms with Crippen molar-refractivity contribution >= 4 is 17.0 Å². The lowest BCUT2D eigenvalue weighted by atomic mass is 9.94. The summed E-state index contributed by atoms with van der Waals surface area (Å²) in [6, 6.07) is 11.0. The van der Waals surface area contributed by atoms with Gasteiger partial charge in [-0.1, -0.05) is 37.5 Å². The molecule has 1 aromatic carbocycles. The summed E-state index contributed by atoms with van der Waals surface area (Å²) in [5, 5.41) is 0. The summed E-state index contributed by atoms with van der Waals surface area (Å²) in [7, 11) is 0. The lowest BCUT2D eigenvalue weighted by Crippen LogP contribution is -2.51. The van der Waals surface area contributed by atoms with Crippen LogP contribution in [-0.4, -0.2) is 56.6 Å². The number of fused-ring (bicyclic) bond motifs is 1. The highest BCUT2D eigenvalue weighted by Crippen LogP contribution is 2.27. The summed E-state index contributed by atoms with van der Waals surface area (Å²) in [6.45, 7) is 4.27. The molecular weight excluding hydrogens is 336 g/mol. The van der Waals surface area contributed by atoms with Gasteiger partial charge >= 0.3 is 0 Å². The Morgan fingerprint density at radius 2 is 1.59 bits per heavy atom. The molecular formula is C21H26N6. The molecule has 2 aromatic heterocycles. The van der Waals surface area contributed by atoms with Crippen molar-refractivity contribution in [2.45, 2.75) is 38.1 Å². The highest BCUT2D eigenvalue weighted by Gasteiger charge is 2.27. The van der Waals surface area contributed by atoms with Crippen molar-refractivity contribution in [3.8, 4) is 5.69 Å². The van der Waals surface area contributed by atoms with E-state index in [2.05, 4.69) is 36.9 Å². The van der Waals surface area contributed by atoms with Gasteiger partial charge in [-0.25, -0.2) is 15.0 Å². The third-order valence-corrected chi connectivity index (χ3v) is 6.05. The minimum Gasteiger partial charge on any atom is -0.352 e.